The molecule has 1 atom stereocenters. The Kier molecular flexibility index (Phi) is 8.90. The van der Waals surface area contributed by atoms with Crippen LogP contribution < -0.4 is 4.90 Å². The molecule has 0 saturated heterocycles. The highest BCUT2D eigenvalue weighted by atomic mass is 15.1. The van der Waals surface area contributed by atoms with Crippen LogP contribution in [0.25, 0.3) is 44.2 Å². The summed E-state index contributed by atoms with van der Waals surface area (Å²) in [5.41, 5.74) is 20.1. The maximum Gasteiger partial charge on any atom is 0.0714 e. The monoisotopic (exact) mass is 809 g/mol. The predicted octanol–water partition coefficient (Wildman–Crippen LogP) is 16.7. The summed E-state index contributed by atoms with van der Waals surface area (Å²) >= 11 is 0. The first kappa shape index (κ1) is 37.8. The molecule has 0 aliphatic heterocycles. The average molecular weight is 810 g/mol. The zero-order valence-electron chi connectivity index (χ0n) is 36.2. The Hall–Kier alpha value is -6.96. The Bertz CT molecular complexity index is 3200. The zero-order valence-corrected chi connectivity index (χ0v) is 36.2. The van der Waals surface area contributed by atoms with Crippen LogP contribution in [0.15, 0.2) is 206 Å². The fourth-order valence-electron chi connectivity index (χ4n) is 12.0. The summed E-state index contributed by atoms with van der Waals surface area (Å²) in [6.07, 6.45) is 6.52. The molecule has 304 valence electrons. The Balaban J connectivity index is 1.13. The molecule has 12 rings (SSSR count). The summed E-state index contributed by atoms with van der Waals surface area (Å²) in [5.74, 6) is 0.602. The van der Waals surface area contributed by atoms with Gasteiger partial charge in [-0.2, -0.15) is 0 Å². The van der Waals surface area contributed by atoms with Gasteiger partial charge in [0.05, 0.1) is 11.1 Å². The largest absolute Gasteiger partial charge is 0.310 e. The average Bonchev–Trinajstić information content (AvgIpc) is 3.77. The van der Waals surface area contributed by atoms with Crippen LogP contribution in [0.5, 0.6) is 0 Å². The topological polar surface area (TPSA) is 3.24 Å². The van der Waals surface area contributed by atoms with Gasteiger partial charge < -0.3 is 4.90 Å². The van der Waals surface area contributed by atoms with Gasteiger partial charge in [-0.15, -0.1) is 0 Å². The fraction of sp³-hybridized carbons (Fsp3) is 0.161. The molecule has 1 unspecified atom stereocenters. The molecule has 3 aliphatic carbocycles. The highest BCUT2D eigenvalue weighted by Gasteiger charge is 2.47. The van der Waals surface area contributed by atoms with Crippen LogP contribution in [0.1, 0.15) is 90.8 Å². The van der Waals surface area contributed by atoms with Crippen LogP contribution in [0.3, 0.4) is 0 Å². The summed E-state index contributed by atoms with van der Waals surface area (Å²) in [7, 11) is 0. The molecule has 0 aromatic heterocycles. The van der Waals surface area contributed by atoms with Crippen molar-refractivity contribution >= 4 is 27.8 Å². The smallest absolute Gasteiger partial charge is 0.0714 e. The second-order valence-corrected chi connectivity index (χ2v) is 18.6. The lowest BCUT2D eigenvalue weighted by molar-refractivity contribution is 0.443. The third-order valence-corrected chi connectivity index (χ3v) is 14.9. The molecule has 63 heavy (non-hydrogen) atoms. The van der Waals surface area contributed by atoms with E-state index in [9.17, 15) is 0 Å². The summed E-state index contributed by atoms with van der Waals surface area (Å²) in [4.78, 5) is 2.55. The van der Waals surface area contributed by atoms with Gasteiger partial charge in [-0.05, 0) is 127 Å². The van der Waals surface area contributed by atoms with E-state index in [0.717, 1.165) is 17.1 Å². The van der Waals surface area contributed by atoms with Crippen LogP contribution in [0.2, 0.25) is 0 Å². The van der Waals surface area contributed by atoms with Gasteiger partial charge in [-0.25, -0.2) is 0 Å². The Morgan fingerprint density at radius 1 is 0.397 bits per heavy atom. The Morgan fingerprint density at radius 3 is 1.75 bits per heavy atom. The summed E-state index contributed by atoms with van der Waals surface area (Å²) in [5, 5.41) is 2.50. The molecular formula is C62H51N. The maximum absolute atomic E-state index is 2.58. The van der Waals surface area contributed by atoms with Crippen LogP contribution in [0, 0.1) is 0 Å². The standard InChI is InChI=1S/C62H51N/c1-61(2)56-32-14-11-28-51(56)53-37-35-47(40-58(53)61)63(60-34-16-13-30-55(60)50-31-18-22-43-21-9-10-27-49(43)50)48-36-38-54-52-29-12-15-33-57(52)62(59(54)41-48,45-24-7-4-8-25-45)46-26-17-23-44(39-46)42-19-5-3-6-20-42/h4,7-18,21-42H,3,5-6,19-20H2,1-2H3. The fourth-order valence-corrected chi connectivity index (χ4v) is 12.0. The molecule has 0 heterocycles. The second kappa shape index (κ2) is 14.8. The Labute approximate surface area is 372 Å². The van der Waals surface area contributed by atoms with Gasteiger partial charge in [0.15, 0.2) is 0 Å². The molecular weight excluding hydrogens is 759 g/mol. The number of hydrogen-bond acceptors (Lipinski definition) is 1. The Morgan fingerprint density at radius 2 is 0.952 bits per heavy atom. The van der Waals surface area contributed by atoms with Crippen molar-refractivity contribution < 1.29 is 0 Å². The number of nitrogens with zero attached hydrogens (tertiary/aromatic N) is 1. The van der Waals surface area contributed by atoms with Crippen molar-refractivity contribution in [2.24, 2.45) is 0 Å². The van der Waals surface area contributed by atoms with Crippen molar-refractivity contribution in [3.8, 4) is 33.4 Å². The van der Waals surface area contributed by atoms with Crippen molar-refractivity contribution in [3.63, 3.8) is 0 Å². The van der Waals surface area contributed by atoms with Crippen LogP contribution >= 0.6 is 0 Å². The third-order valence-electron chi connectivity index (χ3n) is 14.9. The first-order valence-corrected chi connectivity index (χ1v) is 23.0. The molecule has 1 saturated carbocycles. The SMILES string of the molecule is CC1(C)c2ccccc2-c2ccc(N(c3ccc4c(c3)C(c3ccccc3)(c3cccc(C5CCCCC5)c3)c3ccccc3-4)c3ccccc3-c3cccc4ccccc34)cc21. The van der Waals surface area contributed by atoms with E-state index in [1.165, 1.54) is 115 Å². The highest BCUT2D eigenvalue weighted by molar-refractivity contribution is 6.02. The summed E-state index contributed by atoms with van der Waals surface area (Å²) in [6, 6.07) is 78.3. The van der Waals surface area contributed by atoms with E-state index in [4.69, 9.17) is 0 Å². The first-order chi connectivity index (χ1) is 31.0. The molecule has 1 nitrogen and oxygen atoms in total. The molecule has 3 aliphatic rings. The molecule has 0 spiro atoms. The van der Waals surface area contributed by atoms with E-state index >= 15 is 0 Å². The quantitative estimate of drug-likeness (QED) is 0.155. The van der Waals surface area contributed by atoms with Gasteiger partial charge in [0, 0.05) is 22.4 Å². The lowest BCUT2D eigenvalue weighted by atomic mass is 9.67. The van der Waals surface area contributed by atoms with Crippen LogP contribution in [-0.2, 0) is 10.8 Å². The number of hydrogen-bond donors (Lipinski definition) is 0. The van der Waals surface area contributed by atoms with Gasteiger partial charge in [0.2, 0.25) is 0 Å². The molecule has 9 aromatic rings. The second-order valence-electron chi connectivity index (χ2n) is 18.6. The zero-order chi connectivity index (χ0) is 42.1. The van der Waals surface area contributed by atoms with E-state index < -0.39 is 5.41 Å². The first-order valence-electron chi connectivity index (χ1n) is 23.0. The normalized spacial score (nSPS) is 17.2. The highest BCUT2D eigenvalue weighted by Crippen LogP contribution is 2.58. The van der Waals surface area contributed by atoms with Gasteiger partial charge in [-0.1, -0.05) is 209 Å². The van der Waals surface area contributed by atoms with Crippen LogP contribution in [0.4, 0.5) is 17.1 Å². The summed E-state index contributed by atoms with van der Waals surface area (Å²) < 4.78 is 0. The number of rotatable bonds is 7. The van der Waals surface area contributed by atoms with Gasteiger partial charge in [0.25, 0.3) is 0 Å². The molecule has 0 amide bonds. The van der Waals surface area contributed by atoms with Gasteiger partial charge in [0.1, 0.15) is 0 Å². The molecule has 0 N–H and O–H groups in total. The maximum atomic E-state index is 2.58. The van der Waals surface area contributed by atoms with Crippen molar-refractivity contribution in [1.29, 1.82) is 0 Å². The molecule has 1 fully saturated rings. The lowest BCUT2D eigenvalue weighted by Crippen LogP contribution is -2.29. The third kappa shape index (κ3) is 5.83. The minimum absolute atomic E-state index is 0.145. The van der Waals surface area contributed by atoms with E-state index in [-0.39, 0.29) is 5.41 Å². The van der Waals surface area contributed by atoms with Crippen LogP contribution in [-0.4, -0.2) is 0 Å². The van der Waals surface area contributed by atoms with E-state index in [2.05, 4.69) is 225 Å². The number of anilines is 3. The molecule has 0 radical (unpaired) electrons. The van der Waals surface area contributed by atoms with Crippen molar-refractivity contribution in [3.05, 3.63) is 245 Å². The molecule has 9 aromatic carbocycles. The van der Waals surface area contributed by atoms with Gasteiger partial charge >= 0.3 is 0 Å². The van der Waals surface area contributed by atoms with E-state index in [1.54, 1.807) is 0 Å². The van der Waals surface area contributed by atoms with Crippen molar-refractivity contribution in [2.45, 2.75) is 62.7 Å². The van der Waals surface area contributed by atoms with Crippen molar-refractivity contribution in [1.82, 2.24) is 0 Å². The lowest BCUT2D eigenvalue weighted by Gasteiger charge is -2.36. The minimum Gasteiger partial charge on any atom is -0.310 e. The molecule has 1 heteroatoms. The van der Waals surface area contributed by atoms with Crippen molar-refractivity contribution in [2.75, 3.05) is 4.90 Å². The number of benzene rings is 9. The number of fused-ring (bicyclic) bond motifs is 7. The predicted molar refractivity (Wildman–Crippen MR) is 265 cm³/mol. The van der Waals surface area contributed by atoms with E-state index in [0.29, 0.717) is 5.92 Å². The minimum atomic E-state index is -0.518. The molecule has 0 bridgehead atoms. The number of para-hydroxylation sites is 1. The van der Waals surface area contributed by atoms with Gasteiger partial charge in [-0.3, -0.25) is 0 Å². The van der Waals surface area contributed by atoms with E-state index in [1.807, 2.05) is 0 Å². The summed E-state index contributed by atoms with van der Waals surface area (Å²) in [6.45, 7) is 4.77.